The first kappa shape index (κ1) is 15.9. The lowest BCUT2D eigenvalue weighted by Gasteiger charge is -2.19. The first-order chi connectivity index (χ1) is 9.97. The Morgan fingerprint density at radius 3 is 2.71 bits per heavy atom. The summed E-state index contributed by atoms with van der Waals surface area (Å²) in [5, 5.41) is 8.27. The normalized spacial score (nSPS) is 10.3. The molecule has 0 atom stereocenters. The molecule has 112 valence electrons. The maximum absolute atomic E-state index is 11.2. The van der Waals surface area contributed by atoms with Gasteiger partial charge in [0.25, 0.3) is 0 Å². The van der Waals surface area contributed by atoms with E-state index in [0.29, 0.717) is 6.54 Å². The predicted octanol–water partition coefficient (Wildman–Crippen LogP) is 4.15. The van der Waals surface area contributed by atoms with Crippen LogP contribution in [0.3, 0.4) is 0 Å². The van der Waals surface area contributed by atoms with Crippen molar-refractivity contribution in [3.8, 4) is 0 Å². The zero-order valence-electron chi connectivity index (χ0n) is 12.2. The van der Waals surface area contributed by atoms with Crippen LogP contribution in [0, 0.1) is 0 Å². The molecule has 2 rings (SSSR count). The van der Waals surface area contributed by atoms with Crippen molar-refractivity contribution < 1.29 is 4.79 Å². The maximum atomic E-state index is 11.2. The molecule has 0 bridgehead atoms. The molecule has 0 aliphatic carbocycles. The number of carbonyl (C=O) groups is 1. The van der Waals surface area contributed by atoms with Crippen molar-refractivity contribution in [3.05, 3.63) is 39.0 Å². The Hall–Kier alpha value is -1.53. The lowest BCUT2D eigenvalue weighted by Crippen LogP contribution is -2.12. The number of hydrogen-bond donors (Lipinski definition) is 2. The molecule has 1 aromatic heterocycles. The second-order valence-electron chi connectivity index (χ2n) is 4.85. The molecular weight excluding hydrogens is 350 g/mol. The Bertz CT molecular complexity index is 640. The highest BCUT2D eigenvalue weighted by molar-refractivity contribution is 9.10. The van der Waals surface area contributed by atoms with Gasteiger partial charge in [0, 0.05) is 30.4 Å². The second kappa shape index (κ2) is 6.95. The third-order valence-corrected chi connectivity index (χ3v) is 4.35. The van der Waals surface area contributed by atoms with Crippen LogP contribution in [0.25, 0.3) is 0 Å². The number of anilines is 3. The van der Waals surface area contributed by atoms with Crippen LogP contribution in [0.4, 0.5) is 17.1 Å². The van der Waals surface area contributed by atoms with Crippen LogP contribution in [0.15, 0.2) is 34.1 Å². The van der Waals surface area contributed by atoms with Crippen molar-refractivity contribution >= 4 is 50.2 Å². The van der Waals surface area contributed by atoms with Crippen molar-refractivity contribution in [1.82, 2.24) is 0 Å². The monoisotopic (exact) mass is 367 g/mol. The molecule has 2 aromatic rings. The fourth-order valence-corrected chi connectivity index (χ4v) is 3.12. The minimum absolute atomic E-state index is 0.0499. The SMILES string of the molecule is CC(=O)Nc1ccsc1CNc1cc(Br)ccc1N(C)C. The Labute approximate surface area is 137 Å². The highest BCUT2D eigenvalue weighted by Crippen LogP contribution is 2.30. The molecule has 0 saturated heterocycles. The molecular formula is C15H18BrN3OS. The van der Waals surface area contributed by atoms with E-state index in [1.807, 2.05) is 31.6 Å². The van der Waals surface area contributed by atoms with Crippen LogP contribution in [0.5, 0.6) is 0 Å². The maximum Gasteiger partial charge on any atom is 0.221 e. The van der Waals surface area contributed by atoms with Crippen LogP contribution < -0.4 is 15.5 Å². The summed E-state index contributed by atoms with van der Waals surface area (Å²) < 4.78 is 1.03. The standard InChI is InChI=1S/C15H18BrN3OS/c1-10(20)18-12-6-7-21-15(12)9-17-13-8-11(16)4-5-14(13)19(2)3/h4-8,17H,9H2,1-3H3,(H,18,20). The van der Waals surface area contributed by atoms with Gasteiger partial charge in [0.1, 0.15) is 0 Å². The molecule has 0 saturated carbocycles. The summed E-state index contributed by atoms with van der Waals surface area (Å²) in [6, 6.07) is 8.07. The third kappa shape index (κ3) is 4.22. The number of benzene rings is 1. The first-order valence-electron chi connectivity index (χ1n) is 6.52. The minimum Gasteiger partial charge on any atom is -0.378 e. The van der Waals surface area contributed by atoms with E-state index < -0.39 is 0 Å². The first-order valence-corrected chi connectivity index (χ1v) is 8.19. The zero-order chi connectivity index (χ0) is 15.4. The van der Waals surface area contributed by atoms with Crippen LogP contribution in [-0.4, -0.2) is 20.0 Å². The van der Waals surface area contributed by atoms with Gasteiger partial charge in [-0.05, 0) is 29.6 Å². The van der Waals surface area contributed by atoms with Crippen molar-refractivity contribution in [2.75, 3.05) is 29.6 Å². The van der Waals surface area contributed by atoms with Gasteiger partial charge in [-0.1, -0.05) is 15.9 Å². The summed E-state index contributed by atoms with van der Waals surface area (Å²) >= 11 is 5.13. The summed E-state index contributed by atoms with van der Waals surface area (Å²) in [6.45, 7) is 2.19. The fourth-order valence-electron chi connectivity index (χ4n) is 1.99. The topological polar surface area (TPSA) is 44.4 Å². The van der Waals surface area contributed by atoms with Crippen molar-refractivity contribution in [2.45, 2.75) is 13.5 Å². The second-order valence-corrected chi connectivity index (χ2v) is 6.76. The number of nitrogens with zero attached hydrogens (tertiary/aromatic N) is 1. The number of amides is 1. The summed E-state index contributed by atoms with van der Waals surface area (Å²) in [5.41, 5.74) is 3.05. The van der Waals surface area contributed by atoms with E-state index in [0.717, 1.165) is 26.4 Å². The molecule has 1 aromatic carbocycles. The van der Waals surface area contributed by atoms with E-state index in [1.54, 1.807) is 11.3 Å². The highest BCUT2D eigenvalue weighted by Gasteiger charge is 2.09. The fraction of sp³-hybridized carbons (Fsp3) is 0.267. The summed E-state index contributed by atoms with van der Waals surface area (Å²) in [6.07, 6.45) is 0. The molecule has 0 unspecified atom stereocenters. The molecule has 6 heteroatoms. The quantitative estimate of drug-likeness (QED) is 0.834. The van der Waals surface area contributed by atoms with E-state index in [4.69, 9.17) is 0 Å². The van der Waals surface area contributed by atoms with E-state index >= 15 is 0 Å². The van der Waals surface area contributed by atoms with Gasteiger partial charge in [-0.15, -0.1) is 11.3 Å². The molecule has 0 fully saturated rings. The zero-order valence-corrected chi connectivity index (χ0v) is 14.6. The predicted molar refractivity (Wildman–Crippen MR) is 94.4 cm³/mol. The van der Waals surface area contributed by atoms with Crippen molar-refractivity contribution in [1.29, 1.82) is 0 Å². The van der Waals surface area contributed by atoms with Crippen LogP contribution in [0.2, 0.25) is 0 Å². The lowest BCUT2D eigenvalue weighted by molar-refractivity contribution is -0.114. The number of thiophene rings is 1. The Morgan fingerprint density at radius 1 is 1.29 bits per heavy atom. The van der Waals surface area contributed by atoms with Gasteiger partial charge >= 0.3 is 0 Å². The Kier molecular flexibility index (Phi) is 5.25. The molecule has 4 nitrogen and oxygen atoms in total. The van der Waals surface area contributed by atoms with Gasteiger partial charge in [0.2, 0.25) is 5.91 Å². The smallest absolute Gasteiger partial charge is 0.221 e. The Balaban J connectivity index is 2.15. The lowest BCUT2D eigenvalue weighted by atomic mass is 10.2. The number of halogens is 1. The number of carbonyl (C=O) groups excluding carboxylic acids is 1. The van der Waals surface area contributed by atoms with E-state index in [1.165, 1.54) is 6.92 Å². The summed E-state index contributed by atoms with van der Waals surface area (Å²) in [4.78, 5) is 14.4. The van der Waals surface area contributed by atoms with Gasteiger partial charge in [0.05, 0.1) is 23.6 Å². The van der Waals surface area contributed by atoms with Gasteiger partial charge in [-0.3, -0.25) is 4.79 Å². The van der Waals surface area contributed by atoms with Crippen LogP contribution in [0.1, 0.15) is 11.8 Å². The summed E-state index contributed by atoms with van der Waals surface area (Å²) in [7, 11) is 4.03. The van der Waals surface area contributed by atoms with Gasteiger partial charge in [0.15, 0.2) is 0 Å². The van der Waals surface area contributed by atoms with Gasteiger partial charge in [-0.25, -0.2) is 0 Å². The molecule has 0 aliphatic heterocycles. The third-order valence-electron chi connectivity index (χ3n) is 2.94. The molecule has 1 heterocycles. The number of hydrogen-bond acceptors (Lipinski definition) is 4. The van der Waals surface area contributed by atoms with E-state index in [2.05, 4.69) is 43.6 Å². The van der Waals surface area contributed by atoms with Crippen molar-refractivity contribution in [3.63, 3.8) is 0 Å². The summed E-state index contributed by atoms with van der Waals surface area (Å²) in [5.74, 6) is -0.0499. The molecule has 0 radical (unpaired) electrons. The highest BCUT2D eigenvalue weighted by atomic mass is 79.9. The van der Waals surface area contributed by atoms with Gasteiger partial charge < -0.3 is 15.5 Å². The largest absolute Gasteiger partial charge is 0.378 e. The molecule has 1 amide bonds. The Morgan fingerprint density at radius 2 is 2.05 bits per heavy atom. The molecule has 2 N–H and O–H groups in total. The van der Waals surface area contributed by atoms with Gasteiger partial charge in [-0.2, -0.15) is 0 Å². The van der Waals surface area contributed by atoms with Crippen LogP contribution >= 0.6 is 27.3 Å². The average molecular weight is 368 g/mol. The van der Waals surface area contributed by atoms with E-state index in [-0.39, 0.29) is 5.91 Å². The number of rotatable bonds is 5. The molecule has 21 heavy (non-hydrogen) atoms. The average Bonchev–Trinajstić information content (AvgIpc) is 2.82. The molecule has 0 spiro atoms. The number of nitrogens with one attached hydrogen (secondary N) is 2. The van der Waals surface area contributed by atoms with E-state index in [9.17, 15) is 4.79 Å². The van der Waals surface area contributed by atoms with Crippen LogP contribution in [-0.2, 0) is 11.3 Å². The van der Waals surface area contributed by atoms with Crippen molar-refractivity contribution in [2.24, 2.45) is 0 Å². The minimum atomic E-state index is -0.0499. The molecule has 0 aliphatic rings.